The average molecular weight is 255 g/mol. The normalized spacial score (nSPS) is 18.2. The van der Waals surface area contributed by atoms with Crippen molar-refractivity contribution in [3.05, 3.63) is 11.1 Å². The van der Waals surface area contributed by atoms with Gasteiger partial charge in [-0.15, -0.1) is 0 Å². The lowest BCUT2D eigenvalue weighted by molar-refractivity contribution is -0.123. The van der Waals surface area contributed by atoms with Gasteiger partial charge < -0.3 is 5.73 Å². The Kier molecular flexibility index (Phi) is 3.93. The Labute approximate surface area is 104 Å². The molecule has 6 nitrogen and oxygen atoms in total. The molecule has 0 bridgehead atoms. The number of hydrogen-bond donors (Lipinski definition) is 3. The molecule has 94 valence electrons. The van der Waals surface area contributed by atoms with Crippen molar-refractivity contribution in [2.24, 2.45) is 17.5 Å². The van der Waals surface area contributed by atoms with Gasteiger partial charge in [0.15, 0.2) is 5.13 Å². The van der Waals surface area contributed by atoms with Gasteiger partial charge in [-0.2, -0.15) is 0 Å². The molecule has 5 N–H and O–H groups in total. The molecule has 0 aromatic carbocycles. The van der Waals surface area contributed by atoms with E-state index >= 15 is 0 Å². The van der Waals surface area contributed by atoms with Gasteiger partial charge in [-0.05, 0) is 25.9 Å². The molecule has 0 radical (unpaired) electrons. The van der Waals surface area contributed by atoms with E-state index < -0.39 is 0 Å². The highest BCUT2D eigenvalue weighted by molar-refractivity contribution is 7.15. The standard InChI is InChI=1S/C10H17N5OS/c11-9(16)7-1-3-15(4-2-7)6-8-5-13-10(14-12)17-8/h5,7H,1-4,6,12H2,(H2,11,16)(H,13,14). The molecule has 2 rings (SSSR count). The van der Waals surface area contributed by atoms with Gasteiger partial charge in [0.25, 0.3) is 0 Å². The molecule has 0 unspecified atom stereocenters. The van der Waals surface area contributed by atoms with E-state index in [9.17, 15) is 4.79 Å². The van der Waals surface area contributed by atoms with Crippen molar-refractivity contribution in [2.45, 2.75) is 19.4 Å². The number of hydrogen-bond acceptors (Lipinski definition) is 6. The fourth-order valence-corrected chi connectivity index (χ4v) is 2.81. The predicted octanol–water partition coefficient (Wildman–Crippen LogP) is 0.126. The van der Waals surface area contributed by atoms with Crippen LogP contribution in [0.1, 0.15) is 17.7 Å². The second-order valence-electron chi connectivity index (χ2n) is 4.23. The first-order chi connectivity index (χ1) is 8.19. The summed E-state index contributed by atoms with van der Waals surface area (Å²) >= 11 is 1.55. The molecule has 1 saturated heterocycles. The average Bonchev–Trinajstić information content (AvgIpc) is 2.77. The van der Waals surface area contributed by atoms with Crippen LogP contribution in [0.25, 0.3) is 0 Å². The monoisotopic (exact) mass is 255 g/mol. The summed E-state index contributed by atoms with van der Waals surface area (Å²) in [5.74, 6) is 5.16. The summed E-state index contributed by atoms with van der Waals surface area (Å²) < 4.78 is 0. The number of rotatable bonds is 4. The van der Waals surface area contributed by atoms with Gasteiger partial charge in [-0.1, -0.05) is 11.3 Å². The third-order valence-corrected chi connectivity index (χ3v) is 3.96. The molecule has 2 heterocycles. The number of nitrogens with one attached hydrogen (secondary N) is 1. The highest BCUT2D eigenvalue weighted by atomic mass is 32.1. The van der Waals surface area contributed by atoms with Crippen LogP contribution in [0.4, 0.5) is 5.13 Å². The number of thiazole rings is 1. The molecule has 1 amide bonds. The van der Waals surface area contributed by atoms with Crippen LogP contribution < -0.4 is 17.0 Å². The van der Waals surface area contributed by atoms with E-state index in [1.54, 1.807) is 11.3 Å². The van der Waals surface area contributed by atoms with Crippen LogP contribution in [-0.2, 0) is 11.3 Å². The molecule has 7 heteroatoms. The Morgan fingerprint density at radius 2 is 2.29 bits per heavy atom. The molecule has 1 aliphatic heterocycles. The van der Waals surface area contributed by atoms with E-state index in [0.717, 1.165) is 37.6 Å². The van der Waals surface area contributed by atoms with Crippen molar-refractivity contribution in [3.63, 3.8) is 0 Å². The lowest BCUT2D eigenvalue weighted by Crippen LogP contribution is -2.37. The number of piperidine rings is 1. The summed E-state index contributed by atoms with van der Waals surface area (Å²) in [7, 11) is 0. The van der Waals surface area contributed by atoms with Crippen LogP contribution in [0, 0.1) is 5.92 Å². The summed E-state index contributed by atoms with van der Waals surface area (Å²) in [6.07, 6.45) is 3.55. The molecule has 1 aliphatic rings. The van der Waals surface area contributed by atoms with Crippen molar-refractivity contribution in [1.29, 1.82) is 0 Å². The van der Waals surface area contributed by atoms with Crippen molar-refractivity contribution in [1.82, 2.24) is 9.88 Å². The summed E-state index contributed by atoms with van der Waals surface area (Å²) in [6, 6.07) is 0. The van der Waals surface area contributed by atoms with Gasteiger partial charge in [-0.25, -0.2) is 10.8 Å². The molecular weight excluding hydrogens is 238 g/mol. The Morgan fingerprint density at radius 1 is 1.59 bits per heavy atom. The van der Waals surface area contributed by atoms with Crippen LogP contribution in [0.5, 0.6) is 0 Å². The molecule has 1 aromatic heterocycles. The van der Waals surface area contributed by atoms with E-state index in [4.69, 9.17) is 11.6 Å². The fourth-order valence-electron chi connectivity index (χ4n) is 2.04. The lowest BCUT2D eigenvalue weighted by atomic mass is 9.96. The first-order valence-electron chi connectivity index (χ1n) is 5.62. The van der Waals surface area contributed by atoms with Crippen LogP contribution >= 0.6 is 11.3 Å². The first kappa shape index (κ1) is 12.3. The van der Waals surface area contributed by atoms with E-state index in [-0.39, 0.29) is 11.8 Å². The van der Waals surface area contributed by atoms with Crippen molar-refractivity contribution in [2.75, 3.05) is 18.5 Å². The van der Waals surface area contributed by atoms with Crippen molar-refractivity contribution >= 4 is 22.4 Å². The van der Waals surface area contributed by atoms with Gasteiger partial charge in [0.1, 0.15) is 0 Å². The topological polar surface area (TPSA) is 97.3 Å². The number of amides is 1. The van der Waals surface area contributed by atoms with E-state index in [1.165, 1.54) is 4.88 Å². The number of anilines is 1. The highest BCUT2D eigenvalue weighted by Gasteiger charge is 2.23. The number of nitrogen functional groups attached to an aromatic ring is 1. The van der Waals surface area contributed by atoms with Crippen LogP contribution in [0.2, 0.25) is 0 Å². The van der Waals surface area contributed by atoms with E-state index in [2.05, 4.69) is 15.3 Å². The molecule has 0 atom stereocenters. The Morgan fingerprint density at radius 3 is 2.82 bits per heavy atom. The van der Waals surface area contributed by atoms with E-state index in [1.807, 2.05) is 6.20 Å². The highest BCUT2D eigenvalue weighted by Crippen LogP contribution is 2.22. The Hall–Kier alpha value is -1.18. The number of carbonyl (C=O) groups excluding carboxylic acids is 1. The van der Waals surface area contributed by atoms with Gasteiger partial charge >= 0.3 is 0 Å². The first-order valence-corrected chi connectivity index (χ1v) is 6.43. The van der Waals surface area contributed by atoms with Crippen LogP contribution in [0.15, 0.2) is 6.20 Å². The molecule has 17 heavy (non-hydrogen) atoms. The number of nitrogens with zero attached hydrogens (tertiary/aromatic N) is 2. The van der Waals surface area contributed by atoms with Gasteiger partial charge in [-0.3, -0.25) is 15.1 Å². The quantitative estimate of drug-likeness (QED) is 0.524. The van der Waals surface area contributed by atoms with E-state index in [0.29, 0.717) is 0 Å². The Balaban J connectivity index is 1.83. The minimum Gasteiger partial charge on any atom is -0.369 e. The van der Waals surface area contributed by atoms with Gasteiger partial charge in [0, 0.05) is 23.5 Å². The maximum Gasteiger partial charge on any atom is 0.220 e. The second-order valence-corrected chi connectivity index (χ2v) is 5.34. The maximum absolute atomic E-state index is 11.0. The largest absolute Gasteiger partial charge is 0.369 e. The molecule has 0 aliphatic carbocycles. The minimum absolute atomic E-state index is 0.0500. The van der Waals surface area contributed by atoms with Crippen LogP contribution in [0.3, 0.4) is 0 Å². The molecule has 0 saturated carbocycles. The molecule has 0 spiro atoms. The number of hydrazine groups is 1. The zero-order chi connectivity index (χ0) is 12.3. The zero-order valence-electron chi connectivity index (χ0n) is 9.56. The van der Waals surface area contributed by atoms with Gasteiger partial charge in [0.2, 0.25) is 5.91 Å². The maximum atomic E-state index is 11.0. The fraction of sp³-hybridized carbons (Fsp3) is 0.600. The number of carbonyl (C=O) groups is 1. The summed E-state index contributed by atoms with van der Waals surface area (Å²) in [4.78, 5) is 18.6. The summed E-state index contributed by atoms with van der Waals surface area (Å²) in [5.41, 5.74) is 7.83. The zero-order valence-corrected chi connectivity index (χ0v) is 10.4. The summed E-state index contributed by atoms with van der Waals surface area (Å²) in [6.45, 7) is 2.69. The SMILES string of the molecule is NNc1ncc(CN2CCC(C(N)=O)CC2)s1. The molecule has 1 fully saturated rings. The van der Waals surface area contributed by atoms with Gasteiger partial charge in [0.05, 0.1) is 0 Å². The third-order valence-electron chi connectivity index (χ3n) is 3.05. The predicted molar refractivity (Wildman–Crippen MR) is 67.1 cm³/mol. The number of likely N-dealkylation sites (tertiary alicyclic amines) is 1. The lowest BCUT2D eigenvalue weighted by Gasteiger charge is -2.29. The van der Waals surface area contributed by atoms with Crippen LogP contribution in [-0.4, -0.2) is 28.9 Å². The number of primary amides is 1. The second kappa shape index (κ2) is 5.44. The molecular formula is C10H17N5OS. The van der Waals surface area contributed by atoms with Crippen molar-refractivity contribution in [3.8, 4) is 0 Å². The smallest absolute Gasteiger partial charge is 0.220 e. The number of nitrogens with two attached hydrogens (primary N) is 2. The number of aromatic nitrogens is 1. The minimum atomic E-state index is -0.169. The summed E-state index contributed by atoms with van der Waals surface area (Å²) in [5, 5.41) is 0.729. The Bertz CT molecular complexity index is 386. The molecule has 1 aromatic rings. The van der Waals surface area contributed by atoms with Crippen molar-refractivity contribution < 1.29 is 4.79 Å². The third kappa shape index (κ3) is 3.15.